The van der Waals surface area contributed by atoms with Crippen LogP contribution in [0, 0.1) is 0 Å². The predicted molar refractivity (Wildman–Crippen MR) is 250 cm³/mol. The first kappa shape index (κ1) is 48.6. The monoisotopic (exact) mass is 916 g/mol. The molecule has 4 aromatic carbocycles. The third-order valence-electron chi connectivity index (χ3n) is 11.0. The van der Waals surface area contributed by atoms with Gasteiger partial charge in [-0.05, 0) is 85.2 Å². The summed E-state index contributed by atoms with van der Waals surface area (Å²) >= 11 is 0. The summed E-state index contributed by atoms with van der Waals surface area (Å²) in [4.78, 5) is 88.9. The lowest BCUT2D eigenvalue weighted by Crippen LogP contribution is -2.58. The van der Waals surface area contributed by atoms with Crippen molar-refractivity contribution in [1.29, 1.82) is 0 Å². The second-order valence-corrected chi connectivity index (χ2v) is 17.2. The Hall–Kier alpha value is -7.89. The average Bonchev–Trinajstić information content (AvgIpc) is 3.84. The minimum atomic E-state index is -1.76. The molecule has 1 heterocycles. The lowest BCUT2D eigenvalue weighted by Gasteiger charge is -2.27. The molecule has 4 atom stereocenters. The highest BCUT2D eigenvalue weighted by Crippen LogP contribution is 2.44. The van der Waals surface area contributed by atoms with Crippen LogP contribution in [0.3, 0.4) is 0 Å². The molecule has 0 saturated carbocycles. The highest BCUT2D eigenvalue weighted by atomic mass is 16.6. The van der Waals surface area contributed by atoms with Gasteiger partial charge in [0.25, 0.3) is 0 Å². The van der Waals surface area contributed by atoms with Crippen LogP contribution >= 0.6 is 0 Å². The van der Waals surface area contributed by atoms with Gasteiger partial charge >= 0.3 is 18.0 Å². The van der Waals surface area contributed by atoms with E-state index in [1.165, 1.54) is 12.1 Å². The molecule has 18 nitrogen and oxygen atoms in total. The molecule has 0 saturated heterocycles. The van der Waals surface area contributed by atoms with Gasteiger partial charge in [0.2, 0.25) is 17.7 Å². The van der Waals surface area contributed by atoms with E-state index in [1.54, 1.807) is 39.1 Å². The SMILES string of the molecule is CC(C)(C)OC(=O)[C@H](Cc1ccc(O)cc1)NC(=O)[C@H](CCCN=C(N)N)NC(=O)[C@H](CC(=O)O)NC(=O)[C@H](Cc1c[nH]c2ccccc12)NC(=O)OCC1c2ccccc2-c2ccccc21. The van der Waals surface area contributed by atoms with E-state index >= 15 is 0 Å². The highest BCUT2D eigenvalue weighted by Gasteiger charge is 2.35. The van der Waals surface area contributed by atoms with E-state index in [2.05, 4.69) is 31.2 Å². The smallest absolute Gasteiger partial charge is 0.407 e. The molecule has 0 radical (unpaired) electrons. The fourth-order valence-corrected chi connectivity index (χ4v) is 7.92. The predicted octanol–water partition coefficient (Wildman–Crippen LogP) is 3.89. The molecule has 11 N–H and O–H groups in total. The Kier molecular flexibility index (Phi) is 15.8. The number of carbonyl (C=O) groups is 6. The number of carboxylic acids is 1. The van der Waals surface area contributed by atoms with Crippen molar-refractivity contribution in [2.75, 3.05) is 13.2 Å². The van der Waals surface area contributed by atoms with Crippen LogP contribution in [0.1, 0.15) is 68.2 Å². The number of rotatable bonds is 20. The number of nitrogens with zero attached hydrogens (tertiary/aromatic N) is 1. The number of hydrogen-bond donors (Lipinski definition) is 9. The number of ether oxygens (including phenoxy) is 2. The number of carboxylic acid groups (broad SMARTS) is 1. The number of para-hydroxylation sites is 1. The van der Waals surface area contributed by atoms with Crippen LogP contribution < -0.4 is 32.7 Å². The van der Waals surface area contributed by atoms with Crippen LogP contribution in [0.5, 0.6) is 5.75 Å². The number of benzene rings is 4. The summed E-state index contributed by atoms with van der Waals surface area (Å²) in [7, 11) is 0. The maximum Gasteiger partial charge on any atom is 0.407 e. The first-order valence-electron chi connectivity index (χ1n) is 21.8. The van der Waals surface area contributed by atoms with E-state index < -0.39 is 71.9 Å². The van der Waals surface area contributed by atoms with Crippen LogP contribution in [0.15, 0.2) is 108 Å². The van der Waals surface area contributed by atoms with Gasteiger partial charge in [-0.2, -0.15) is 0 Å². The van der Waals surface area contributed by atoms with E-state index in [4.69, 9.17) is 20.9 Å². The molecule has 0 spiro atoms. The van der Waals surface area contributed by atoms with Crippen LogP contribution in [-0.4, -0.2) is 99.8 Å². The summed E-state index contributed by atoms with van der Waals surface area (Å²) in [6.07, 6.45) is -0.236. The van der Waals surface area contributed by atoms with Gasteiger partial charge in [-0.15, -0.1) is 0 Å². The van der Waals surface area contributed by atoms with Crippen molar-refractivity contribution in [1.82, 2.24) is 26.3 Å². The molecule has 352 valence electrons. The minimum Gasteiger partial charge on any atom is -0.508 e. The number of esters is 1. The largest absolute Gasteiger partial charge is 0.508 e. The van der Waals surface area contributed by atoms with Gasteiger partial charge in [0.15, 0.2) is 5.96 Å². The lowest BCUT2D eigenvalue weighted by molar-refractivity contribution is -0.158. The first-order chi connectivity index (χ1) is 31.9. The molecule has 6 rings (SSSR count). The minimum absolute atomic E-state index is 0.00883. The number of aromatic nitrogens is 1. The van der Waals surface area contributed by atoms with E-state index in [0.717, 1.165) is 33.2 Å². The van der Waals surface area contributed by atoms with E-state index in [-0.39, 0.29) is 56.5 Å². The fourth-order valence-electron chi connectivity index (χ4n) is 7.92. The number of carbonyl (C=O) groups excluding carboxylic acids is 5. The van der Waals surface area contributed by atoms with Gasteiger partial charge in [0, 0.05) is 42.4 Å². The molecule has 4 amide bonds. The first-order valence-corrected chi connectivity index (χ1v) is 21.8. The molecule has 0 fully saturated rings. The summed E-state index contributed by atoms with van der Waals surface area (Å²) in [6, 6.07) is 23.1. The second-order valence-electron chi connectivity index (χ2n) is 17.2. The van der Waals surface area contributed by atoms with Crippen LogP contribution in [0.25, 0.3) is 22.0 Å². The number of hydrogen-bond acceptors (Lipinski definition) is 10. The number of aromatic amines is 1. The Bertz CT molecular complexity index is 2570. The number of amides is 4. The number of aliphatic imine (C=N–C) groups is 1. The molecule has 0 aliphatic heterocycles. The quantitative estimate of drug-likeness (QED) is 0.0233. The number of nitrogens with one attached hydrogen (secondary N) is 5. The molecule has 1 aromatic heterocycles. The number of nitrogens with two attached hydrogens (primary N) is 2. The van der Waals surface area contributed by atoms with E-state index in [9.17, 15) is 39.0 Å². The van der Waals surface area contributed by atoms with Crippen molar-refractivity contribution in [2.24, 2.45) is 16.5 Å². The molecular weight excluding hydrogens is 861 g/mol. The number of fused-ring (bicyclic) bond motifs is 4. The van der Waals surface area contributed by atoms with Gasteiger partial charge in [0.05, 0.1) is 6.42 Å². The molecule has 67 heavy (non-hydrogen) atoms. The topological polar surface area (TPSA) is 290 Å². The molecule has 18 heteroatoms. The Morgan fingerprint density at radius 1 is 0.731 bits per heavy atom. The second kappa shape index (κ2) is 21.9. The van der Waals surface area contributed by atoms with Crippen molar-refractivity contribution in [2.45, 2.75) is 88.6 Å². The van der Waals surface area contributed by atoms with Gasteiger partial charge in [-0.1, -0.05) is 78.9 Å². The number of alkyl carbamates (subject to hydrolysis) is 1. The maximum atomic E-state index is 14.3. The maximum absolute atomic E-state index is 14.3. The third kappa shape index (κ3) is 13.3. The number of aliphatic carboxylic acids is 1. The Balaban J connectivity index is 1.22. The van der Waals surface area contributed by atoms with Crippen molar-refractivity contribution in [3.8, 4) is 16.9 Å². The molecule has 0 bridgehead atoms. The summed E-state index contributed by atoms with van der Waals surface area (Å²) < 4.78 is 11.4. The number of phenols is 1. The standard InChI is InChI=1S/C49H56N8O10/c1-49(2,3)67-46(64)41(23-28-18-20-30(58)21-19-28)56-43(61)38(17-10-22-52-47(50)51)54-45(63)40(25-42(59)60)55-44(62)39(24-29-26-53-37-16-9-8-11-31(29)37)57-48(65)66-27-36-34-14-6-4-12-32(34)33-13-5-7-15-35(33)36/h4-9,11-16,18-21,26,36,38-41,53,58H,10,17,22-25,27H2,1-3H3,(H,54,63)(H,55,62)(H,56,61)(H,57,65)(H,59,60)(H4,50,51,52)/t38-,39-,40-,41-/m0/s1. The van der Waals surface area contributed by atoms with E-state index in [1.807, 2.05) is 72.8 Å². The summed E-state index contributed by atoms with van der Waals surface area (Å²) in [5.41, 5.74) is 16.0. The van der Waals surface area contributed by atoms with Gasteiger partial charge in [0.1, 0.15) is 42.1 Å². The molecule has 1 aliphatic carbocycles. The molecule has 1 aliphatic rings. The Labute approximate surface area is 386 Å². The number of H-pyrrole nitrogens is 1. The van der Waals surface area contributed by atoms with Crippen molar-refractivity contribution >= 4 is 52.6 Å². The van der Waals surface area contributed by atoms with E-state index in [0.29, 0.717) is 11.1 Å². The summed E-state index contributed by atoms with van der Waals surface area (Å²) in [5.74, 6) is -5.51. The Morgan fingerprint density at radius 3 is 1.96 bits per heavy atom. The zero-order valence-corrected chi connectivity index (χ0v) is 37.4. The van der Waals surface area contributed by atoms with Gasteiger partial charge in [-0.25, -0.2) is 9.59 Å². The summed E-state index contributed by atoms with van der Waals surface area (Å²) in [6.45, 7) is 4.98. The molecular formula is C49H56N8O10. The fraction of sp³-hybridized carbons (Fsp3) is 0.327. The van der Waals surface area contributed by atoms with Crippen molar-refractivity contribution in [3.63, 3.8) is 0 Å². The van der Waals surface area contributed by atoms with Crippen LogP contribution in [0.4, 0.5) is 4.79 Å². The third-order valence-corrected chi connectivity index (χ3v) is 11.0. The zero-order chi connectivity index (χ0) is 48.3. The van der Waals surface area contributed by atoms with Crippen LogP contribution in [0.2, 0.25) is 0 Å². The molecule has 0 unspecified atom stereocenters. The van der Waals surface area contributed by atoms with Gasteiger partial charge in [-0.3, -0.25) is 24.2 Å². The highest BCUT2D eigenvalue weighted by molar-refractivity contribution is 5.97. The van der Waals surface area contributed by atoms with Gasteiger partial charge < -0.3 is 57.4 Å². The average molecular weight is 917 g/mol. The number of guanidine groups is 1. The van der Waals surface area contributed by atoms with Crippen LogP contribution in [-0.2, 0) is 46.3 Å². The lowest BCUT2D eigenvalue weighted by atomic mass is 9.98. The zero-order valence-electron chi connectivity index (χ0n) is 37.4. The number of phenolic OH excluding ortho intramolecular Hbond substituents is 1. The summed E-state index contributed by atoms with van der Waals surface area (Å²) in [5, 5.41) is 30.9. The van der Waals surface area contributed by atoms with Crippen molar-refractivity contribution in [3.05, 3.63) is 126 Å². The Morgan fingerprint density at radius 2 is 1.31 bits per heavy atom. The normalized spacial score (nSPS) is 13.7. The van der Waals surface area contributed by atoms with Crippen molar-refractivity contribution < 1.29 is 48.5 Å². The number of aromatic hydroxyl groups is 1. The molecule has 5 aromatic rings.